The summed E-state index contributed by atoms with van der Waals surface area (Å²) in [5, 5.41) is 16.2. The van der Waals surface area contributed by atoms with E-state index >= 15 is 0 Å². The van der Waals surface area contributed by atoms with Crippen LogP contribution in [0.2, 0.25) is 0 Å². The summed E-state index contributed by atoms with van der Waals surface area (Å²) in [4.78, 5) is 10.1. The van der Waals surface area contributed by atoms with E-state index in [0.717, 1.165) is 41.3 Å². The number of nitrogens with zero attached hydrogens (tertiary/aromatic N) is 5. The first-order valence-electron chi connectivity index (χ1n) is 7.95. The minimum atomic E-state index is 0.628. The van der Waals surface area contributed by atoms with Gasteiger partial charge in [0.05, 0.1) is 18.8 Å². The Balaban J connectivity index is 1.54. The molecule has 2 N–H and O–H groups in total. The van der Waals surface area contributed by atoms with Crippen LogP contribution in [0.1, 0.15) is 40.1 Å². The van der Waals surface area contributed by atoms with Crippen LogP contribution in [0.5, 0.6) is 0 Å². The highest BCUT2D eigenvalue weighted by atomic mass is 32.1. The number of rotatable bonds is 4. The molecule has 7 nitrogen and oxygen atoms in total. The third kappa shape index (κ3) is 3.69. The van der Waals surface area contributed by atoms with Crippen molar-refractivity contribution in [3.8, 4) is 0 Å². The second kappa shape index (κ2) is 7.08. The van der Waals surface area contributed by atoms with Gasteiger partial charge in [0.1, 0.15) is 10.8 Å². The Bertz CT molecular complexity index is 681. The second-order valence-electron chi connectivity index (χ2n) is 5.67. The van der Waals surface area contributed by atoms with E-state index in [2.05, 4.69) is 42.3 Å². The molecule has 0 radical (unpaired) electrons. The maximum Gasteiger partial charge on any atom is 0.191 e. The van der Waals surface area contributed by atoms with Gasteiger partial charge in [0.25, 0.3) is 0 Å². The summed E-state index contributed by atoms with van der Waals surface area (Å²) in [6.45, 7) is 6.46. The molecule has 3 rings (SSSR count). The number of aromatic nitrogens is 4. The fraction of sp³-hybridized carbons (Fsp3) is 0.600. The van der Waals surface area contributed by atoms with E-state index in [9.17, 15) is 0 Å². The summed E-state index contributed by atoms with van der Waals surface area (Å²) in [6, 6.07) is 0. The third-order valence-corrected chi connectivity index (χ3v) is 5.13. The Morgan fingerprint density at radius 2 is 2.04 bits per heavy atom. The zero-order chi connectivity index (χ0) is 16.2. The average Bonchev–Trinajstić information content (AvgIpc) is 3.11. The third-order valence-electron chi connectivity index (χ3n) is 4.05. The fourth-order valence-corrected chi connectivity index (χ4v) is 3.53. The van der Waals surface area contributed by atoms with Crippen LogP contribution in [0.15, 0.2) is 4.99 Å². The van der Waals surface area contributed by atoms with Crippen LogP contribution in [-0.2, 0) is 26.1 Å². The summed E-state index contributed by atoms with van der Waals surface area (Å²) < 4.78 is 2.22. The number of hydrogen-bond donors (Lipinski definition) is 2. The van der Waals surface area contributed by atoms with Gasteiger partial charge < -0.3 is 15.2 Å². The van der Waals surface area contributed by atoms with Gasteiger partial charge in [0, 0.05) is 24.9 Å². The lowest BCUT2D eigenvalue weighted by molar-refractivity contribution is 0.504. The predicted molar refractivity (Wildman–Crippen MR) is 91.6 cm³/mol. The number of aliphatic imine (C=N–C) groups is 1. The SMILES string of the molecule is CN=C(NCc1nc(C)c(C)s1)NCc1nnc2n1CCCC2. The fourth-order valence-electron chi connectivity index (χ4n) is 2.66. The Morgan fingerprint density at radius 3 is 2.78 bits per heavy atom. The lowest BCUT2D eigenvalue weighted by Gasteiger charge is -2.15. The van der Waals surface area contributed by atoms with E-state index in [-0.39, 0.29) is 0 Å². The van der Waals surface area contributed by atoms with Crippen LogP contribution >= 0.6 is 11.3 Å². The minimum Gasteiger partial charge on any atom is -0.350 e. The van der Waals surface area contributed by atoms with Crippen LogP contribution in [0.4, 0.5) is 0 Å². The summed E-state index contributed by atoms with van der Waals surface area (Å²) >= 11 is 1.72. The van der Waals surface area contributed by atoms with Gasteiger partial charge in [-0.3, -0.25) is 4.99 Å². The Labute approximate surface area is 140 Å². The van der Waals surface area contributed by atoms with Crippen LogP contribution in [0, 0.1) is 13.8 Å². The van der Waals surface area contributed by atoms with Gasteiger partial charge in [-0.15, -0.1) is 21.5 Å². The molecular formula is C15H23N7S. The zero-order valence-electron chi connectivity index (χ0n) is 13.9. The van der Waals surface area contributed by atoms with Crippen molar-refractivity contribution in [2.75, 3.05) is 7.05 Å². The normalized spacial score (nSPS) is 14.7. The number of fused-ring (bicyclic) bond motifs is 1. The number of guanidine groups is 1. The van der Waals surface area contributed by atoms with Crippen LogP contribution in [-0.4, -0.2) is 32.8 Å². The van der Waals surface area contributed by atoms with Crippen LogP contribution < -0.4 is 10.6 Å². The second-order valence-corrected chi connectivity index (χ2v) is 6.96. The molecule has 0 amide bonds. The molecule has 23 heavy (non-hydrogen) atoms. The number of hydrogen-bond acceptors (Lipinski definition) is 5. The zero-order valence-corrected chi connectivity index (χ0v) is 14.7. The van der Waals surface area contributed by atoms with Crippen molar-refractivity contribution >= 4 is 17.3 Å². The first-order valence-corrected chi connectivity index (χ1v) is 8.77. The van der Waals surface area contributed by atoms with E-state index in [1.165, 1.54) is 17.7 Å². The summed E-state index contributed by atoms with van der Waals surface area (Å²) in [6.07, 6.45) is 3.44. The van der Waals surface area contributed by atoms with Gasteiger partial charge in [-0.05, 0) is 26.7 Å². The van der Waals surface area contributed by atoms with Crippen molar-refractivity contribution in [3.63, 3.8) is 0 Å². The highest BCUT2D eigenvalue weighted by Gasteiger charge is 2.15. The van der Waals surface area contributed by atoms with E-state index < -0.39 is 0 Å². The molecule has 0 atom stereocenters. The standard InChI is InChI=1S/C15H23N7S/c1-10-11(2)23-14(19-10)9-18-15(16-3)17-8-13-21-20-12-6-4-5-7-22(12)13/h4-9H2,1-3H3,(H2,16,17,18). The molecule has 124 valence electrons. The molecule has 0 unspecified atom stereocenters. The molecule has 0 saturated carbocycles. The molecule has 0 fully saturated rings. The minimum absolute atomic E-state index is 0.628. The smallest absolute Gasteiger partial charge is 0.191 e. The molecular weight excluding hydrogens is 310 g/mol. The molecule has 1 aliphatic heterocycles. The molecule has 2 aromatic heterocycles. The maximum absolute atomic E-state index is 4.53. The number of thiazole rings is 1. The molecule has 0 spiro atoms. The van der Waals surface area contributed by atoms with Crippen LogP contribution in [0.25, 0.3) is 0 Å². The topological polar surface area (TPSA) is 80.0 Å². The molecule has 0 bridgehead atoms. The molecule has 0 aromatic carbocycles. The largest absolute Gasteiger partial charge is 0.350 e. The van der Waals surface area contributed by atoms with E-state index in [1.54, 1.807) is 18.4 Å². The van der Waals surface area contributed by atoms with Gasteiger partial charge in [-0.1, -0.05) is 0 Å². The first-order chi connectivity index (χ1) is 11.2. The summed E-state index contributed by atoms with van der Waals surface area (Å²) in [5.41, 5.74) is 1.10. The van der Waals surface area contributed by atoms with Crippen molar-refractivity contribution in [2.45, 2.75) is 52.7 Å². The molecule has 8 heteroatoms. The van der Waals surface area contributed by atoms with Gasteiger partial charge in [0.15, 0.2) is 11.8 Å². The first kappa shape index (κ1) is 15.9. The van der Waals surface area contributed by atoms with Gasteiger partial charge in [-0.25, -0.2) is 4.98 Å². The quantitative estimate of drug-likeness (QED) is 0.655. The lowest BCUT2D eigenvalue weighted by atomic mass is 10.2. The van der Waals surface area contributed by atoms with Crippen molar-refractivity contribution in [1.29, 1.82) is 0 Å². The molecule has 1 aliphatic rings. The Kier molecular flexibility index (Phi) is 4.90. The van der Waals surface area contributed by atoms with Crippen LogP contribution in [0.3, 0.4) is 0 Å². The molecule has 3 heterocycles. The van der Waals surface area contributed by atoms with Gasteiger partial charge in [-0.2, -0.15) is 0 Å². The Hall–Kier alpha value is -1.96. The van der Waals surface area contributed by atoms with Gasteiger partial charge in [0.2, 0.25) is 0 Å². The highest BCUT2D eigenvalue weighted by Crippen LogP contribution is 2.16. The van der Waals surface area contributed by atoms with Crippen molar-refractivity contribution in [2.24, 2.45) is 4.99 Å². The van der Waals surface area contributed by atoms with E-state index in [4.69, 9.17) is 0 Å². The van der Waals surface area contributed by atoms with Crippen molar-refractivity contribution < 1.29 is 0 Å². The predicted octanol–water partition coefficient (Wildman–Crippen LogP) is 1.55. The van der Waals surface area contributed by atoms with E-state index in [0.29, 0.717) is 13.1 Å². The van der Waals surface area contributed by atoms with Crippen molar-refractivity contribution in [3.05, 3.63) is 27.2 Å². The Morgan fingerprint density at radius 1 is 1.22 bits per heavy atom. The number of nitrogens with one attached hydrogen (secondary N) is 2. The number of aryl methyl sites for hydroxylation is 3. The summed E-state index contributed by atoms with van der Waals surface area (Å²) in [7, 11) is 1.77. The average molecular weight is 333 g/mol. The maximum atomic E-state index is 4.53. The summed E-state index contributed by atoms with van der Waals surface area (Å²) in [5.74, 6) is 2.83. The van der Waals surface area contributed by atoms with Gasteiger partial charge >= 0.3 is 0 Å². The van der Waals surface area contributed by atoms with Crippen molar-refractivity contribution in [1.82, 2.24) is 30.4 Å². The molecule has 0 aliphatic carbocycles. The van der Waals surface area contributed by atoms with E-state index in [1.807, 2.05) is 6.92 Å². The molecule has 2 aromatic rings. The molecule has 0 saturated heterocycles. The lowest BCUT2D eigenvalue weighted by Crippen LogP contribution is -2.37. The monoisotopic (exact) mass is 333 g/mol. The highest BCUT2D eigenvalue weighted by molar-refractivity contribution is 7.11.